The van der Waals surface area contributed by atoms with Gasteiger partial charge in [0.25, 0.3) is 0 Å². The number of thiophene rings is 1. The second kappa shape index (κ2) is 4.13. The molecular formula is C10H9BrOS2. The Morgan fingerprint density at radius 3 is 2.93 bits per heavy atom. The Morgan fingerprint density at radius 1 is 1.50 bits per heavy atom. The molecule has 1 aromatic heterocycles. The lowest BCUT2D eigenvalue weighted by Crippen LogP contribution is -1.82. The van der Waals surface area contributed by atoms with Crippen molar-refractivity contribution in [3.05, 3.63) is 23.8 Å². The molecule has 0 bridgehead atoms. The van der Waals surface area contributed by atoms with Crippen molar-refractivity contribution in [2.45, 2.75) is 10.2 Å². The lowest BCUT2D eigenvalue weighted by atomic mass is 10.1. The summed E-state index contributed by atoms with van der Waals surface area (Å²) in [5.41, 5.74) is 1.27. The molecule has 0 aliphatic carbocycles. The van der Waals surface area contributed by atoms with Crippen LogP contribution in [0.4, 0.5) is 0 Å². The smallest absolute Gasteiger partial charge is 0.172 e. The molecule has 1 heterocycles. The van der Waals surface area contributed by atoms with Crippen LogP contribution in [-0.4, -0.2) is 11.4 Å². The van der Waals surface area contributed by atoms with Crippen molar-refractivity contribution >= 4 is 49.1 Å². The van der Waals surface area contributed by atoms with Gasteiger partial charge in [0.15, 0.2) is 5.06 Å². The van der Waals surface area contributed by atoms with E-state index in [4.69, 9.17) is 0 Å². The molecule has 0 unspecified atom stereocenters. The van der Waals surface area contributed by atoms with Gasteiger partial charge in [-0.2, -0.15) is 0 Å². The average Bonchev–Trinajstić information content (AvgIpc) is 2.56. The molecule has 0 aliphatic rings. The van der Waals surface area contributed by atoms with E-state index < -0.39 is 0 Å². The summed E-state index contributed by atoms with van der Waals surface area (Å²) < 4.78 is 1.15. The third kappa shape index (κ3) is 1.66. The van der Waals surface area contributed by atoms with Crippen molar-refractivity contribution in [2.24, 2.45) is 0 Å². The van der Waals surface area contributed by atoms with Gasteiger partial charge < -0.3 is 5.11 Å². The lowest BCUT2D eigenvalue weighted by molar-refractivity contribution is 0.491. The quantitative estimate of drug-likeness (QED) is 0.659. The van der Waals surface area contributed by atoms with Crippen LogP contribution in [0.1, 0.15) is 5.56 Å². The van der Waals surface area contributed by atoms with E-state index in [0.29, 0.717) is 5.06 Å². The van der Waals surface area contributed by atoms with Gasteiger partial charge in [-0.1, -0.05) is 27.3 Å². The molecule has 1 nitrogen and oxygen atoms in total. The maximum absolute atomic E-state index is 9.44. The number of halogens is 1. The summed E-state index contributed by atoms with van der Waals surface area (Å²) >= 11 is 6.65. The fourth-order valence-corrected chi connectivity index (χ4v) is 3.72. The van der Waals surface area contributed by atoms with Crippen LogP contribution in [0.25, 0.3) is 10.1 Å². The van der Waals surface area contributed by atoms with Crippen molar-refractivity contribution in [1.29, 1.82) is 0 Å². The number of hydrogen-bond donors (Lipinski definition) is 1. The Hall–Kier alpha value is -0.190. The number of aromatic hydroxyl groups is 1. The fraction of sp³-hybridized carbons (Fsp3) is 0.200. The van der Waals surface area contributed by atoms with Crippen LogP contribution in [0, 0.1) is 0 Å². The van der Waals surface area contributed by atoms with Crippen molar-refractivity contribution < 1.29 is 5.11 Å². The highest BCUT2D eigenvalue weighted by molar-refractivity contribution is 9.08. The molecule has 2 rings (SSSR count). The predicted molar refractivity (Wildman–Crippen MR) is 67.9 cm³/mol. The molecule has 0 fully saturated rings. The molecule has 14 heavy (non-hydrogen) atoms. The van der Waals surface area contributed by atoms with Gasteiger partial charge in [-0.25, -0.2) is 0 Å². The number of thioether (sulfide) groups is 1. The summed E-state index contributed by atoms with van der Waals surface area (Å²) in [6, 6.07) is 6.02. The Balaban J connectivity index is 2.75. The van der Waals surface area contributed by atoms with Crippen LogP contribution in [0.2, 0.25) is 0 Å². The maximum atomic E-state index is 9.44. The molecule has 1 aromatic carbocycles. The Morgan fingerprint density at radius 2 is 2.29 bits per heavy atom. The number of alkyl halides is 1. The lowest BCUT2D eigenvalue weighted by Gasteiger charge is -2.04. The zero-order chi connectivity index (χ0) is 10.1. The van der Waals surface area contributed by atoms with E-state index in [2.05, 4.69) is 34.3 Å². The number of fused-ring (bicyclic) bond motifs is 1. The normalized spacial score (nSPS) is 11.0. The number of benzene rings is 1. The Labute approximate surface area is 99.3 Å². The van der Waals surface area contributed by atoms with Crippen LogP contribution in [0.15, 0.2) is 23.1 Å². The van der Waals surface area contributed by atoms with E-state index in [1.807, 2.05) is 6.07 Å². The summed E-state index contributed by atoms with van der Waals surface area (Å²) in [4.78, 5) is 1.27. The highest BCUT2D eigenvalue weighted by Crippen LogP contribution is 2.37. The minimum Gasteiger partial charge on any atom is -0.499 e. The minimum absolute atomic E-state index is 0.389. The topological polar surface area (TPSA) is 20.2 Å². The molecule has 0 aliphatic heterocycles. The zero-order valence-corrected chi connectivity index (χ0v) is 10.8. The summed E-state index contributed by atoms with van der Waals surface area (Å²) in [7, 11) is 0. The maximum Gasteiger partial charge on any atom is 0.172 e. The van der Waals surface area contributed by atoms with Crippen molar-refractivity contribution in [3.63, 3.8) is 0 Å². The molecule has 0 atom stereocenters. The van der Waals surface area contributed by atoms with Gasteiger partial charge in [-0.15, -0.1) is 11.8 Å². The first-order chi connectivity index (χ1) is 6.76. The largest absolute Gasteiger partial charge is 0.499 e. The Bertz CT molecular complexity index is 464. The fourth-order valence-electron chi connectivity index (χ4n) is 1.47. The van der Waals surface area contributed by atoms with Crippen LogP contribution in [0.3, 0.4) is 0 Å². The summed E-state index contributed by atoms with van der Waals surface area (Å²) in [5, 5.41) is 11.8. The molecule has 0 saturated carbocycles. The van der Waals surface area contributed by atoms with E-state index >= 15 is 0 Å². The molecule has 0 radical (unpaired) electrons. The molecule has 74 valence electrons. The Kier molecular flexibility index (Phi) is 3.04. The van der Waals surface area contributed by atoms with Crippen LogP contribution >= 0.6 is 39.0 Å². The first-order valence-electron chi connectivity index (χ1n) is 4.10. The summed E-state index contributed by atoms with van der Waals surface area (Å²) in [6.45, 7) is 0. The average molecular weight is 289 g/mol. The second-order valence-electron chi connectivity index (χ2n) is 2.88. The van der Waals surface area contributed by atoms with Crippen LogP contribution < -0.4 is 0 Å². The van der Waals surface area contributed by atoms with Gasteiger partial charge >= 0.3 is 0 Å². The van der Waals surface area contributed by atoms with Crippen molar-refractivity contribution in [1.82, 2.24) is 0 Å². The minimum atomic E-state index is 0.389. The van der Waals surface area contributed by atoms with E-state index in [-0.39, 0.29) is 0 Å². The van der Waals surface area contributed by atoms with Gasteiger partial charge in [0.2, 0.25) is 0 Å². The van der Waals surface area contributed by atoms with Crippen LogP contribution in [-0.2, 0) is 5.33 Å². The molecule has 4 heteroatoms. The zero-order valence-electron chi connectivity index (χ0n) is 7.58. The first kappa shape index (κ1) is 10.3. The molecule has 1 N–H and O–H groups in total. The number of rotatable bonds is 2. The van der Waals surface area contributed by atoms with E-state index in [9.17, 15) is 5.11 Å². The number of hydrogen-bond acceptors (Lipinski definition) is 3. The molecule has 2 aromatic rings. The highest BCUT2D eigenvalue weighted by Gasteiger charge is 2.08. The van der Waals surface area contributed by atoms with Gasteiger partial charge in [-0.05, 0) is 30.0 Å². The molecule has 0 saturated heterocycles. The van der Waals surface area contributed by atoms with Crippen molar-refractivity contribution in [3.8, 4) is 5.06 Å². The predicted octanol–water partition coefficient (Wildman–Crippen LogP) is 4.22. The second-order valence-corrected chi connectivity index (χ2v) is 5.35. The van der Waals surface area contributed by atoms with E-state index in [1.54, 1.807) is 11.8 Å². The van der Waals surface area contributed by atoms with Crippen LogP contribution in [0.5, 0.6) is 5.06 Å². The molecule has 0 amide bonds. The summed E-state index contributed by atoms with van der Waals surface area (Å²) in [6.07, 6.45) is 2.07. The standard InChI is InChI=1S/C10H9BrOS2/c1-13-8-2-3-9-6(7(8)5-11)4-10(12)14-9/h2-4,12H,5H2,1H3. The third-order valence-corrected chi connectivity index (χ3v) is 4.40. The molecular weight excluding hydrogens is 280 g/mol. The SMILES string of the molecule is CSc1ccc2sc(O)cc2c1CBr. The van der Waals surface area contributed by atoms with Gasteiger partial charge in [-0.3, -0.25) is 0 Å². The van der Waals surface area contributed by atoms with E-state index in [0.717, 1.165) is 15.4 Å². The summed E-state index contributed by atoms with van der Waals surface area (Å²) in [5.74, 6) is 0. The van der Waals surface area contributed by atoms with Gasteiger partial charge in [0.1, 0.15) is 0 Å². The first-order valence-corrected chi connectivity index (χ1v) is 7.27. The highest BCUT2D eigenvalue weighted by atomic mass is 79.9. The van der Waals surface area contributed by atoms with Crippen molar-refractivity contribution in [2.75, 3.05) is 6.26 Å². The van der Waals surface area contributed by atoms with Gasteiger partial charge in [0, 0.05) is 20.3 Å². The van der Waals surface area contributed by atoms with E-state index in [1.165, 1.54) is 21.8 Å². The van der Waals surface area contributed by atoms with Gasteiger partial charge in [0.05, 0.1) is 0 Å². The third-order valence-electron chi connectivity index (χ3n) is 2.11. The monoisotopic (exact) mass is 288 g/mol. The molecule has 0 spiro atoms.